The summed E-state index contributed by atoms with van der Waals surface area (Å²) in [6.45, 7) is 10.8. The van der Waals surface area contributed by atoms with E-state index in [9.17, 15) is 19.2 Å². The van der Waals surface area contributed by atoms with Gasteiger partial charge in [-0.25, -0.2) is 19.6 Å². The number of fused-ring (bicyclic) bond motifs is 7. The smallest absolute Gasteiger partial charge is 0.407 e. The van der Waals surface area contributed by atoms with Gasteiger partial charge in [-0.05, 0) is 89.3 Å². The van der Waals surface area contributed by atoms with E-state index in [1.807, 2.05) is 49.8 Å². The maximum Gasteiger partial charge on any atom is 0.407 e. The largest absolute Gasteiger partial charge is 0.488 e. The molecular formula is C45H52N8O7. The lowest BCUT2D eigenvalue weighted by Gasteiger charge is -2.32. The summed E-state index contributed by atoms with van der Waals surface area (Å²) in [6.07, 6.45) is 2.98. The number of hydrogen-bond donors (Lipinski definition) is 4. The Bertz CT molecular complexity index is 2530. The quantitative estimate of drug-likeness (QED) is 0.122. The zero-order valence-corrected chi connectivity index (χ0v) is 35.0. The number of H-pyrrole nitrogens is 2. The molecule has 0 radical (unpaired) electrons. The van der Waals surface area contributed by atoms with Crippen molar-refractivity contribution in [1.29, 1.82) is 0 Å². The maximum absolute atomic E-state index is 14.1. The molecule has 2 aromatic heterocycles. The van der Waals surface area contributed by atoms with Crippen LogP contribution in [0.2, 0.25) is 0 Å². The van der Waals surface area contributed by atoms with Crippen LogP contribution in [0.5, 0.6) is 5.75 Å². The predicted molar refractivity (Wildman–Crippen MR) is 224 cm³/mol. The summed E-state index contributed by atoms with van der Waals surface area (Å²) < 4.78 is 16.1. The minimum Gasteiger partial charge on any atom is -0.488 e. The highest BCUT2D eigenvalue weighted by atomic mass is 16.5. The van der Waals surface area contributed by atoms with Crippen molar-refractivity contribution in [1.82, 2.24) is 40.4 Å². The topological polar surface area (TPSA) is 184 Å². The van der Waals surface area contributed by atoms with Gasteiger partial charge in [-0.3, -0.25) is 9.59 Å². The van der Waals surface area contributed by atoms with Crippen LogP contribution in [0, 0.1) is 23.7 Å². The standard InChI is InChI=1S/C45H52N8O7/c1-21(2)36(50-44(56)58-6)42(54)52-14-8-9-33(52)40-46-19-32(48-40)25-10-12-27-26(15-25)20-60-35-18-29-24(16-30(27)35)11-13-31-38(29)49-41(47-31)34-17-28-23(5)39(28)53(34)43(55)37(22(3)4)51-45(57)59-7/h10-13,15-16,18-19,21-23,28,33-34,36-37,39H,8-9,14,17,20H2,1-7H3,(H,46,48)(H,47,49)(H,50,56)(H,51,57)/t23-,28+,33+,34+,36+,37+,39-/m1/s1. The van der Waals surface area contributed by atoms with Crippen molar-refractivity contribution in [2.75, 3.05) is 20.8 Å². The molecular weight excluding hydrogens is 765 g/mol. The third-order valence-corrected chi connectivity index (χ3v) is 13.1. The number of hydrogen-bond acceptors (Lipinski definition) is 9. The summed E-state index contributed by atoms with van der Waals surface area (Å²) in [5.74, 6) is 2.52. The van der Waals surface area contributed by atoms with Crippen LogP contribution in [-0.2, 0) is 25.7 Å². The molecule has 15 nitrogen and oxygen atoms in total. The third kappa shape index (κ3) is 6.67. The van der Waals surface area contributed by atoms with Crippen molar-refractivity contribution in [3.63, 3.8) is 0 Å². The molecule has 4 aliphatic rings. The molecule has 4 N–H and O–H groups in total. The Balaban J connectivity index is 0.967. The van der Waals surface area contributed by atoms with Crippen molar-refractivity contribution < 1.29 is 33.4 Å². The molecule has 3 aliphatic heterocycles. The number of amides is 4. The monoisotopic (exact) mass is 816 g/mol. The molecule has 7 atom stereocenters. The van der Waals surface area contributed by atoms with E-state index < -0.39 is 24.3 Å². The highest BCUT2D eigenvalue weighted by Crippen LogP contribution is 2.58. The Hall–Kier alpha value is -6.12. The third-order valence-electron chi connectivity index (χ3n) is 13.1. The van der Waals surface area contributed by atoms with E-state index in [0.717, 1.165) is 80.6 Å². The van der Waals surface area contributed by atoms with Crippen molar-refractivity contribution in [2.24, 2.45) is 23.7 Å². The van der Waals surface area contributed by atoms with Gasteiger partial charge in [0.15, 0.2) is 0 Å². The van der Waals surface area contributed by atoms with Crippen molar-refractivity contribution in [3.05, 3.63) is 65.9 Å². The first kappa shape index (κ1) is 39.3. The molecule has 60 heavy (non-hydrogen) atoms. The molecule has 3 aromatic carbocycles. The van der Waals surface area contributed by atoms with Gasteiger partial charge >= 0.3 is 12.2 Å². The predicted octanol–water partition coefficient (Wildman–Crippen LogP) is 7.00. The number of benzene rings is 3. The molecule has 1 saturated carbocycles. The number of imidazole rings is 2. The first-order valence-electron chi connectivity index (χ1n) is 21.0. The number of rotatable bonds is 9. The van der Waals surface area contributed by atoms with Crippen LogP contribution in [-0.4, -0.2) is 92.6 Å². The lowest BCUT2D eigenvalue weighted by molar-refractivity contribution is -0.137. The lowest BCUT2D eigenvalue weighted by Crippen LogP contribution is -2.52. The van der Waals surface area contributed by atoms with Gasteiger partial charge in [0.1, 0.15) is 36.1 Å². The summed E-state index contributed by atoms with van der Waals surface area (Å²) in [6, 6.07) is 12.9. The summed E-state index contributed by atoms with van der Waals surface area (Å²) in [4.78, 5) is 72.7. The number of carbonyl (C=O) groups excluding carboxylic acids is 4. The molecule has 15 heteroatoms. The Morgan fingerprint density at radius 3 is 2.32 bits per heavy atom. The van der Waals surface area contributed by atoms with Crippen LogP contribution in [0.4, 0.5) is 9.59 Å². The summed E-state index contributed by atoms with van der Waals surface area (Å²) in [5.41, 5.74) is 6.64. The molecule has 0 bridgehead atoms. The van der Waals surface area contributed by atoms with Crippen LogP contribution in [0.3, 0.4) is 0 Å². The van der Waals surface area contributed by atoms with Crippen LogP contribution >= 0.6 is 0 Å². The molecule has 4 amide bonds. The maximum atomic E-state index is 14.1. The average molecular weight is 817 g/mol. The molecule has 314 valence electrons. The number of nitrogens with one attached hydrogen (secondary N) is 4. The van der Waals surface area contributed by atoms with Crippen LogP contribution in [0.1, 0.15) is 83.2 Å². The number of aromatic amines is 2. The van der Waals surface area contributed by atoms with Crippen LogP contribution in [0.25, 0.3) is 44.2 Å². The fourth-order valence-corrected chi connectivity index (χ4v) is 9.80. The SMILES string of the molecule is COC(=O)N[C@H](C(=O)N1CCC[C@H]1c1ncc(-c2ccc3c(c2)COc2cc4c(ccc5nc([C@@H]6C[C@H]7[C@@H](C)[C@H]7N6C(=O)[C@@H](NC(=O)OC)C(C)C)[nH]c54)cc2-3)[nH]1)C(C)C. The fourth-order valence-electron chi connectivity index (χ4n) is 9.80. The van der Waals surface area contributed by atoms with Gasteiger partial charge in [0.25, 0.3) is 0 Å². The van der Waals surface area contributed by atoms with Crippen molar-refractivity contribution in [3.8, 4) is 28.1 Å². The van der Waals surface area contributed by atoms with Crippen LogP contribution < -0.4 is 15.4 Å². The molecule has 9 rings (SSSR count). The number of likely N-dealkylation sites (tertiary alicyclic amines) is 2. The molecule has 2 saturated heterocycles. The average Bonchev–Trinajstić information content (AvgIpc) is 3.90. The van der Waals surface area contributed by atoms with Crippen molar-refractivity contribution in [2.45, 2.75) is 90.7 Å². The number of piperidine rings is 1. The lowest BCUT2D eigenvalue weighted by atomic mass is 9.92. The molecule has 0 spiro atoms. The van der Waals surface area contributed by atoms with Gasteiger partial charge in [-0.1, -0.05) is 52.8 Å². The normalized spacial score (nSPS) is 22.6. The van der Waals surface area contributed by atoms with E-state index in [2.05, 4.69) is 63.9 Å². The highest BCUT2D eigenvalue weighted by Gasteiger charge is 2.61. The second-order valence-electron chi connectivity index (χ2n) is 17.4. The van der Waals surface area contributed by atoms with Gasteiger partial charge in [0, 0.05) is 23.5 Å². The van der Waals surface area contributed by atoms with Gasteiger partial charge < -0.3 is 44.6 Å². The molecule has 5 aromatic rings. The van der Waals surface area contributed by atoms with Crippen molar-refractivity contribution >= 4 is 45.8 Å². The second-order valence-corrected chi connectivity index (χ2v) is 17.4. The summed E-state index contributed by atoms with van der Waals surface area (Å²) >= 11 is 0. The molecule has 3 fully saturated rings. The first-order chi connectivity index (χ1) is 28.9. The van der Waals surface area contributed by atoms with E-state index in [1.54, 1.807) is 0 Å². The zero-order valence-electron chi connectivity index (χ0n) is 35.0. The van der Waals surface area contributed by atoms with E-state index in [0.29, 0.717) is 30.8 Å². The highest BCUT2D eigenvalue weighted by molar-refractivity contribution is 6.07. The van der Waals surface area contributed by atoms with Crippen LogP contribution in [0.15, 0.2) is 48.7 Å². The van der Waals surface area contributed by atoms with Gasteiger partial charge in [0.2, 0.25) is 11.8 Å². The number of methoxy groups -OCH3 is 2. The molecule has 1 aliphatic carbocycles. The molecule has 5 heterocycles. The van der Waals surface area contributed by atoms with Gasteiger partial charge in [0.05, 0.1) is 49.2 Å². The van der Waals surface area contributed by atoms with Gasteiger partial charge in [-0.15, -0.1) is 0 Å². The number of carbonyl (C=O) groups is 4. The minimum absolute atomic E-state index is 0.110. The van der Waals surface area contributed by atoms with E-state index >= 15 is 0 Å². The number of nitrogens with zero attached hydrogens (tertiary/aromatic N) is 4. The Morgan fingerprint density at radius 1 is 0.867 bits per heavy atom. The first-order valence-corrected chi connectivity index (χ1v) is 21.0. The summed E-state index contributed by atoms with van der Waals surface area (Å²) in [5, 5.41) is 7.49. The number of aromatic nitrogens is 4. The number of ether oxygens (including phenoxy) is 3. The Labute approximate surface area is 347 Å². The van der Waals surface area contributed by atoms with E-state index in [1.165, 1.54) is 14.2 Å². The zero-order chi connectivity index (χ0) is 42.1. The minimum atomic E-state index is -0.710. The Morgan fingerprint density at radius 2 is 1.60 bits per heavy atom. The second kappa shape index (κ2) is 15.2. The van der Waals surface area contributed by atoms with E-state index in [4.69, 9.17) is 24.2 Å². The Kier molecular flexibility index (Phi) is 9.94. The van der Waals surface area contributed by atoms with Gasteiger partial charge in [-0.2, -0.15) is 0 Å². The summed E-state index contributed by atoms with van der Waals surface area (Å²) in [7, 11) is 2.59. The number of alkyl carbamates (subject to hydrolysis) is 2. The van der Waals surface area contributed by atoms with E-state index in [-0.39, 0.29) is 41.8 Å². The molecule has 0 unspecified atom stereocenters. The fraction of sp³-hybridized carbons (Fsp3) is 0.467.